The molecule has 1 aromatic carbocycles. The van der Waals surface area contributed by atoms with E-state index in [9.17, 15) is 14.9 Å². The van der Waals surface area contributed by atoms with Crippen molar-refractivity contribution in [2.24, 2.45) is 0 Å². The highest BCUT2D eigenvalue weighted by Gasteiger charge is 2.12. The molecular weight excluding hydrogens is 244 g/mol. The Morgan fingerprint density at radius 2 is 2.24 bits per heavy atom. The zero-order valence-corrected chi connectivity index (χ0v) is 9.05. The molecule has 7 nitrogen and oxygen atoms in total. The number of fused-ring (bicyclic) bond motifs is 2. The van der Waals surface area contributed by atoms with Crippen molar-refractivity contribution in [2.45, 2.75) is 0 Å². The van der Waals surface area contributed by atoms with E-state index in [0.29, 0.717) is 9.66 Å². The van der Waals surface area contributed by atoms with Gasteiger partial charge in [0, 0.05) is 16.8 Å². The van der Waals surface area contributed by atoms with Gasteiger partial charge >= 0.3 is 0 Å². The van der Waals surface area contributed by atoms with Crippen LogP contribution in [-0.2, 0) is 0 Å². The van der Waals surface area contributed by atoms with Gasteiger partial charge < -0.3 is 0 Å². The Bertz CT molecular complexity index is 807. The van der Waals surface area contributed by atoms with Crippen LogP contribution in [0.15, 0.2) is 29.3 Å². The summed E-state index contributed by atoms with van der Waals surface area (Å²) in [5.41, 5.74) is -0.504. The molecule has 17 heavy (non-hydrogen) atoms. The van der Waals surface area contributed by atoms with Crippen molar-refractivity contribution in [1.29, 1.82) is 0 Å². The Labute approximate surface area is 97.1 Å². The van der Waals surface area contributed by atoms with Gasteiger partial charge in [0.05, 0.1) is 10.3 Å². The molecule has 0 amide bonds. The fraction of sp³-hybridized carbons (Fsp3) is 0. The third-order valence-electron chi connectivity index (χ3n) is 2.31. The molecule has 2 heterocycles. The van der Waals surface area contributed by atoms with Crippen molar-refractivity contribution in [1.82, 2.24) is 14.6 Å². The van der Waals surface area contributed by atoms with Gasteiger partial charge in [0.15, 0.2) is 0 Å². The van der Waals surface area contributed by atoms with E-state index in [-0.39, 0.29) is 11.1 Å². The summed E-state index contributed by atoms with van der Waals surface area (Å²) in [4.78, 5) is 26.5. The van der Waals surface area contributed by atoms with E-state index in [2.05, 4.69) is 10.1 Å². The van der Waals surface area contributed by atoms with E-state index in [0.717, 1.165) is 4.52 Å². The molecule has 84 valence electrons. The Hall–Kier alpha value is -2.35. The summed E-state index contributed by atoms with van der Waals surface area (Å²) in [6, 6.07) is 4.18. The third-order valence-corrected chi connectivity index (χ3v) is 3.35. The van der Waals surface area contributed by atoms with E-state index in [4.69, 9.17) is 0 Å². The Morgan fingerprint density at radius 1 is 1.41 bits per heavy atom. The van der Waals surface area contributed by atoms with Crippen LogP contribution in [0, 0.1) is 10.1 Å². The van der Waals surface area contributed by atoms with Crippen LogP contribution in [0.1, 0.15) is 0 Å². The minimum atomic E-state index is -0.533. The van der Waals surface area contributed by atoms with Gasteiger partial charge in [0.25, 0.3) is 11.2 Å². The highest BCUT2D eigenvalue weighted by atomic mass is 32.1. The van der Waals surface area contributed by atoms with Gasteiger partial charge in [-0.2, -0.15) is 9.61 Å². The number of hydrogen-bond donors (Lipinski definition) is 0. The van der Waals surface area contributed by atoms with Gasteiger partial charge in [0.2, 0.25) is 4.96 Å². The van der Waals surface area contributed by atoms with Crippen molar-refractivity contribution in [3.63, 3.8) is 0 Å². The SMILES string of the molecule is O=c1c2cc([N+](=O)[O-])ccc2sc2ncnn12. The molecule has 0 saturated carbocycles. The number of non-ortho nitro benzene ring substituents is 1. The van der Waals surface area contributed by atoms with Crippen LogP contribution in [0.5, 0.6) is 0 Å². The molecule has 3 rings (SSSR count). The third kappa shape index (κ3) is 1.38. The van der Waals surface area contributed by atoms with Crippen LogP contribution in [0.4, 0.5) is 5.69 Å². The number of hydrogen-bond acceptors (Lipinski definition) is 6. The smallest absolute Gasteiger partial charge is 0.267 e. The molecule has 0 aliphatic heterocycles. The summed E-state index contributed by atoms with van der Waals surface area (Å²) >= 11 is 1.26. The van der Waals surface area contributed by atoms with Gasteiger partial charge in [-0.05, 0) is 6.07 Å². The van der Waals surface area contributed by atoms with Crippen LogP contribution in [-0.4, -0.2) is 19.5 Å². The first-order valence-corrected chi connectivity index (χ1v) is 5.39. The lowest BCUT2D eigenvalue weighted by atomic mass is 10.2. The molecule has 0 spiro atoms. The maximum absolute atomic E-state index is 12.0. The summed E-state index contributed by atoms with van der Waals surface area (Å²) in [5, 5.41) is 14.7. The molecule has 8 heteroatoms. The van der Waals surface area contributed by atoms with Crippen molar-refractivity contribution in [3.8, 4) is 0 Å². The van der Waals surface area contributed by atoms with Crippen LogP contribution < -0.4 is 5.56 Å². The van der Waals surface area contributed by atoms with Gasteiger partial charge in [-0.1, -0.05) is 11.3 Å². The van der Waals surface area contributed by atoms with Crippen molar-refractivity contribution >= 4 is 32.1 Å². The van der Waals surface area contributed by atoms with Gasteiger partial charge in [-0.3, -0.25) is 14.9 Å². The first kappa shape index (κ1) is 9.85. The molecule has 0 unspecified atom stereocenters. The number of nitrogens with zero attached hydrogens (tertiary/aromatic N) is 4. The Kier molecular flexibility index (Phi) is 1.92. The summed E-state index contributed by atoms with van der Waals surface area (Å²) in [6.07, 6.45) is 1.28. The van der Waals surface area contributed by atoms with Gasteiger partial charge in [0.1, 0.15) is 6.33 Å². The molecule has 0 radical (unpaired) electrons. The largest absolute Gasteiger partial charge is 0.282 e. The Balaban J connectivity index is 2.50. The fourth-order valence-electron chi connectivity index (χ4n) is 1.54. The summed E-state index contributed by atoms with van der Waals surface area (Å²) in [5.74, 6) is 0. The first-order valence-electron chi connectivity index (χ1n) is 4.58. The average molecular weight is 248 g/mol. The van der Waals surface area contributed by atoms with E-state index in [1.165, 1.54) is 29.8 Å². The van der Waals surface area contributed by atoms with Gasteiger partial charge in [-0.15, -0.1) is 0 Å². The number of benzene rings is 1. The van der Waals surface area contributed by atoms with E-state index < -0.39 is 10.5 Å². The molecule has 2 aromatic heterocycles. The van der Waals surface area contributed by atoms with Crippen LogP contribution in [0.3, 0.4) is 0 Å². The predicted octanol–water partition coefficient (Wildman–Crippen LogP) is 1.21. The van der Waals surface area contributed by atoms with Crippen LogP contribution >= 0.6 is 11.3 Å². The fourth-order valence-corrected chi connectivity index (χ4v) is 2.45. The summed E-state index contributed by atoms with van der Waals surface area (Å²) in [6.45, 7) is 0. The lowest BCUT2D eigenvalue weighted by molar-refractivity contribution is -0.384. The molecule has 0 aliphatic carbocycles. The minimum absolute atomic E-state index is 0.110. The van der Waals surface area contributed by atoms with Gasteiger partial charge in [-0.25, -0.2) is 4.98 Å². The lowest BCUT2D eigenvalue weighted by Crippen LogP contribution is -2.13. The topological polar surface area (TPSA) is 90.4 Å². The zero-order valence-electron chi connectivity index (χ0n) is 8.23. The summed E-state index contributed by atoms with van der Waals surface area (Å²) in [7, 11) is 0. The molecule has 0 fully saturated rings. The molecular formula is C9H4N4O3S. The second-order valence-electron chi connectivity index (χ2n) is 3.30. The molecule has 0 bridgehead atoms. The lowest BCUT2D eigenvalue weighted by Gasteiger charge is -1.97. The molecule has 0 aliphatic rings. The van der Waals surface area contributed by atoms with E-state index in [1.54, 1.807) is 6.07 Å². The minimum Gasteiger partial charge on any atom is -0.267 e. The first-order chi connectivity index (χ1) is 8.16. The quantitative estimate of drug-likeness (QED) is 0.477. The number of aromatic nitrogens is 3. The van der Waals surface area contributed by atoms with Crippen LogP contribution in [0.2, 0.25) is 0 Å². The van der Waals surface area contributed by atoms with Crippen LogP contribution in [0.25, 0.3) is 15.0 Å². The summed E-state index contributed by atoms with van der Waals surface area (Å²) < 4.78 is 1.79. The number of nitro groups is 1. The highest BCUT2D eigenvalue weighted by molar-refractivity contribution is 7.23. The normalized spacial score (nSPS) is 11.1. The monoisotopic (exact) mass is 248 g/mol. The van der Waals surface area contributed by atoms with Crippen molar-refractivity contribution < 1.29 is 4.92 Å². The zero-order chi connectivity index (χ0) is 12.0. The number of nitro benzene ring substituents is 1. The molecule has 0 N–H and O–H groups in total. The molecule has 3 aromatic rings. The average Bonchev–Trinajstić information content (AvgIpc) is 2.77. The number of rotatable bonds is 1. The van der Waals surface area contributed by atoms with Crippen molar-refractivity contribution in [3.05, 3.63) is 45.0 Å². The standard InChI is InChI=1S/C9H4N4O3S/c14-8-6-3-5(13(15)16)1-2-7(6)17-9-10-4-11-12(8)9/h1-4H. The highest BCUT2D eigenvalue weighted by Crippen LogP contribution is 2.22. The van der Waals surface area contributed by atoms with Crippen molar-refractivity contribution in [2.75, 3.05) is 0 Å². The maximum atomic E-state index is 12.0. The Morgan fingerprint density at radius 3 is 3.00 bits per heavy atom. The predicted molar refractivity (Wildman–Crippen MR) is 61.3 cm³/mol. The second-order valence-corrected chi connectivity index (χ2v) is 4.31. The maximum Gasteiger partial charge on any atom is 0.282 e. The molecule has 0 atom stereocenters. The molecule has 0 saturated heterocycles. The van der Waals surface area contributed by atoms with E-state index in [1.807, 2.05) is 0 Å². The van der Waals surface area contributed by atoms with E-state index >= 15 is 0 Å². The second kappa shape index (κ2) is 3.32.